The Balaban J connectivity index is 1.36. The first-order valence-corrected chi connectivity index (χ1v) is 9.22. The highest BCUT2D eigenvalue weighted by Gasteiger charge is 2.52. The van der Waals surface area contributed by atoms with E-state index in [0.717, 1.165) is 51.7 Å². The number of carbonyl (C=O) groups is 2. The first-order chi connectivity index (χ1) is 11.7. The molecule has 4 rings (SSSR count). The number of rotatable bonds is 4. The molecule has 1 aromatic heterocycles. The predicted octanol–water partition coefficient (Wildman–Crippen LogP) is 1.52. The van der Waals surface area contributed by atoms with Crippen molar-refractivity contribution in [3.63, 3.8) is 0 Å². The van der Waals surface area contributed by atoms with E-state index in [-0.39, 0.29) is 17.2 Å². The van der Waals surface area contributed by atoms with Crippen LogP contribution in [0.1, 0.15) is 38.5 Å². The zero-order chi connectivity index (χ0) is 16.6. The fourth-order valence-electron chi connectivity index (χ4n) is 3.91. The molecule has 6 heteroatoms. The van der Waals surface area contributed by atoms with Gasteiger partial charge in [0.05, 0.1) is 11.7 Å². The summed E-state index contributed by atoms with van der Waals surface area (Å²) < 4.78 is 2.01. The van der Waals surface area contributed by atoms with Crippen molar-refractivity contribution in [2.45, 2.75) is 45.1 Å². The van der Waals surface area contributed by atoms with Crippen LogP contribution in [0.5, 0.6) is 0 Å². The number of carbonyl (C=O) groups excluding carboxylic acids is 2. The number of hydrogen-bond acceptors (Lipinski definition) is 3. The van der Waals surface area contributed by atoms with Gasteiger partial charge in [0, 0.05) is 51.0 Å². The number of aromatic nitrogens is 2. The Morgan fingerprint density at radius 2 is 1.79 bits per heavy atom. The van der Waals surface area contributed by atoms with Crippen LogP contribution in [-0.2, 0) is 16.1 Å². The van der Waals surface area contributed by atoms with Gasteiger partial charge in [-0.25, -0.2) is 4.98 Å². The zero-order valence-electron chi connectivity index (χ0n) is 14.2. The maximum absolute atomic E-state index is 13.0. The third-order valence-electron chi connectivity index (χ3n) is 5.90. The first-order valence-electron chi connectivity index (χ1n) is 9.22. The molecular weight excluding hydrogens is 304 g/mol. The third-order valence-corrected chi connectivity index (χ3v) is 5.90. The van der Waals surface area contributed by atoms with Crippen molar-refractivity contribution in [3.8, 4) is 0 Å². The molecular formula is C18H26N4O2. The molecule has 0 aromatic carbocycles. The highest BCUT2D eigenvalue weighted by Crippen LogP contribution is 2.48. The molecule has 0 bridgehead atoms. The zero-order valence-corrected chi connectivity index (χ0v) is 14.2. The quantitative estimate of drug-likeness (QED) is 0.841. The molecule has 2 saturated carbocycles. The normalized spacial score (nSPS) is 23.5. The van der Waals surface area contributed by atoms with Gasteiger partial charge in [-0.15, -0.1) is 0 Å². The number of amides is 2. The molecule has 3 aliphatic rings. The lowest BCUT2D eigenvalue weighted by atomic mass is 9.84. The van der Waals surface area contributed by atoms with Gasteiger partial charge in [0.2, 0.25) is 11.8 Å². The summed E-state index contributed by atoms with van der Waals surface area (Å²) in [6.45, 7) is 3.69. The van der Waals surface area contributed by atoms with Gasteiger partial charge in [0.25, 0.3) is 0 Å². The minimum absolute atomic E-state index is 0.228. The smallest absolute Gasteiger partial charge is 0.230 e. The lowest BCUT2D eigenvalue weighted by Crippen LogP contribution is -2.43. The Morgan fingerprint density at radius 3 is 2.42 bits per heavy atom. The first kappa shape index (κ1) is 15.7. The van der Waals surface area contributed by atoms with Crippen LogP contribution in [0.3, 0.4) is 0 Å². The summed E-state index contributed by atoms with van der Waals surface area (Å²) in [5.41, 5.74) is -0.228. The van der Waals surface area contributed by atoms with Crippen LogP contribution in [0, 0.1) is 11.3 Å². The van der Waals surface area contributed by atoms with Crippen LogP contribution in [0.2, 0.25) is 0 Å². The monoisotopic (exact) mass is 330 g/mol. The Kier molecular flexibility index (Phi) is 4.06. The van der Waals surface area contributed by atoms with Gasteiger partial charge >= 0.3 is 0 Å². The van der Waals surface area contributed by atoms with E-state index >= 15 is 0 Å². The number of imidazole rings is 1. The molecule has 24 heavy (non-hydrogen) atoms. The van der Waals surface area contributed by atoms with Crippen LogP contribution in [-0.4, -0.2) is 57.3 Å². The second-order valence-corrected chi connectivity index (χ2v) is 7.61. The maximum Gasteiger partial charge on any atom is 0.230 e. The lowest BCUT2D eigenvalue weighted by Gasteiger charge is -2.31. The Morgan fingerprint density at radius 1 is 1.04 bits per heavy atom. The van der Waals surface area contributed by atoms with Gasteiger partial charge in [-0.3, -0.25) is 9.59 Å². The third kappa shape index (κ3) is 2.94. The minimum atomic E-state index is -0.228. The second kappa shape index (κ2) is 6.22. The molecule has 2 amide bonds. The van der Waals surface area contributed by atoms with E-state index in [1.165, 1.54) is 6.42 Å². The van der Waals surface area contributed by atoms with Crippen molar-refractivity contribution in [3.05, 3.63) is 18.7 Å². The molecule has 1 saturated heterocycles. The molecule has 6 nitrogen and oxygen atoms in total. The molecule has 130 valence electrons. The Bertz CT molecular complexity index is 605. The van der Waals surface area contributed by atoms with E-state index in [2.05, 4.69) is 4.98 Å². The molecule has 0 atom stereocenters. The van der Waals surface area contributed by atoms with Crippen LogP contribution in [0.25, 0.3) is 0 Å². The summed E-state index contributed by atoms with van der Waals surface area (Å²) in [5.74, 6) is 0.840. The topological polar surface area (TPSA) is 58.4 Å². The van der Waals surface area contributed by atoms with Crippen LogP contribution in [0.4, 0.5) is 0 Å². The molecule has 2 heterocycles. The van der Waals surface area contributed by atoms with Crippen LogP contribution >= 0.6 is 0 Å². The van der Waals surface area contributed by atoms with E-state index < -0.39 is 0 Å². The van der Waals surface area contributed by atoms with Crippen LogP contribution < -0.4 is 0 Å². The highest BCUT2D eigenvalue weighted by molar-refractivity contribution is 5.85. The summed E-state index contributed by atoms with van der Waals surface area (Å²) in [4.78, 5) is 33.5. The van der Waals surface area contributed by atoms with E-state index in [4.69, 9.17) is 0 Å². The number of nitrogens with zero attached hydrogens (tertiary/aromatic N) is 4. The SMILES string of the molecule is O=C(C1CCC1)N1CCCN(C(=O)C2(Cn3ccnc3)CC2)CC1. The van der Waals surface area contributed by atoms with Gasteiger partial charge in [-0.05, 0) is 32.1 Å². The Hall–Kier alpha value is -1.85. The second-order valence-electron chi connectivity index (χ2n) is 7.61. The molecule has 1 aliphatic heterocycles. The largest absolute Gasteiger partial charge is 0.341 e. The maximum atomic E-state index is 13.0. The predicted molar refractivity (Wildman–Crippen MR) is 89.0 cm³/mol. The standard InChI is InChI=1S/C18H26N4O2/c23-16(15-3-1-4-15)21-8-2-9-22(12-11-21)17(24)18(5-6-18)13-20-10-7-19-14-20/h7,10,14-15H,1-6,8-9,11-13H2. The van der Waals surface area contributed by atoms with Gasteiger partial charge in [0.15, 0.2) is 0 Å². The van der Waals surface area contributed by atoms with E-state index in [0.29, 0.717) is 19.0 Å². The van der Waals surface area contributed by atoms with E-state index in [1.54, 1.807) is 12.5 Å². The highest BCUT2D eigenvalue weighted by atomic mass is 16.2. The molecule has 0 unspecified atom stereocenters. The van der Waals surface area contributed by atoms with Crippen molar-refractivity contribution in [1.29, 1.82) is 0 Å². The van der Waals surface area contributed by atoms with Gasteiger partial charge in [0.1, 0.15) is 0 Å². The average molecular weight is 330 g/mol. The Labute approximate surface area is 142 Å². The van der Waals surface area contributed by atoms with E-state index in [9.17, 15) is 9.59 Å². The fourth-order valence-corrected chi connectivity index (χ4v) is 3.91. The summed E-state index contributed by atoms with van der Waals surface area (Å²) in [6, 6.07) is 0. The van der Waals surface area contributed by atoms with Crippen molar-refractivity contribution in [2.75, 3.05) is 26.2 Å². The molecule has 0 N–H and O–H groups in total. The van der Waals surface area contributed by atoms with Crippen molar-refractivity contribution >= 4 is 11.8 Å². The average Bonchev–Trinajstić information content (AvgIpc) is 3.20. The molecule has 2 aliphatic carbocycles. The van der Waals surface area contributed by atoms with Crippen molar-refractivity contribution in [2.24, 2.45) is 11.3 Å². The molecule has 0 spiro atoms. The summed E-state index contributed by atoms with van der Waals surface area (Å²) in [6.07, 6.45) is 11.6. The molecule has 0 radical (unpaired) electrons. The lowest BCUT2D eigenvalue weighted by molar-refractivity contribution is -0.140. The van der Waals surface area contributed by atoms with Crippen LogP contribution in [0.15, 0.2) is 18.7 Å². The number of hydrogen-bond donors (Lipinski definition) is 0. The van der Waals surface area contributed by atoms with E-state index in [1.807, 2.05) is 20.6 Å². The van der Waals surface area contributed by atoms with Gasteiger partial charge < -0.3 is 14.4 Å². The fraction of sp³-hybridized carbons (Fsp3) is 0.722. The van der Waals surface area contributed by atoms with Gasteiger partial charge in [-0.2, -0.15) is 0 Å². The van der Waals surface area contributed by atoms with Gasteiger partial charge in [-0.1, -0.05) is 6.42 Å². The summed E-state index contributed by atoms with van der Waals surface area (Å²) >= 11 is 0. The summed E-state index contributed by atoms with van der Waals surface area (Å²) in [5, 5.41) is 0. The van der Waals surface area contributed by atoms with Crippen molar-refractivity contribution < 1.29 is 9.59 Å². The minimum Gasteiger partial charge on any atom is -0.341 e. The molecule has 1 aromatic rings. The summed E-state index contributed by atoms with van der Waals surface area (Å²) in [7, 11) is 0. The van der Waals surface area contributed by atoms with Crippen molar-refractivity contribution in [1.82, 2.24) is 19.4 Å². The molecule has 3 fully saturated rings.